The van der Waals surface area contributed by atoms with Gasteiger partial charge < -0.3 is 10.6 Å². The summed E-state index contributed by atoms with van der Waals surface area (Å²) in [6.07, 6.45) is 5.44. The third-order valence-corrected chi connectivity index (χ3v) is 4.55. The molecule has 1 aromatic rings. The molecule has 2 atom stereocenters. The monoisotopic (exact) mass is 346 g/mol. The van der Waals surface area contributed by atoms with Crippen LogP contribution >= 0.6 is 24.0 Å². The molecule has 0 aliphatic carbocycles. The highest BCUT2D eigenvalue weighted by molar-refractivity contribution is 6.31. The smallest absolute Gasteiger partial charge is 0.246 e. The molecule has 2 heterocycles. The van der Waals surface area contributed by atoms with Crippen LogP contribution < -0.4 is 5.73 Å². The van der Waals surface area contributed by atoms with E-state index in [2.05, 4.69) is 5.10 Å². The van der Waals surface area contributed by atoms with Gasteiger partial charge in [0.25, 0.3) is 0 Å². The standard InChI is InChI=1S/C15H23ClN4O.ClH/c1-10(17)12-5-4-8-20(9-12)14(21)7-6-13-11(2)18-19(3)15(13)16;/h6-7,10,12H,4-5,8-9,17H2,1-3H3;1H. The molecule has 0 saturated carbocycles. The molecule has 22 heavy (non-hydrogen) atoms. The Labute approximate surface area is 142 Å². The molecule has 0 aromatic carbocycles. The molecular formula is C15H24Cl2N4O. The van der Waals surface area contributed by atoms with E-state index >= 15 is 0 Å². The molecule has 1 aromatic heterocycles. The minimum atomic E-state index is 0. The number of nitrogens with zero attached hydrogens (tertiary/aromatic N) is 3. The predicted octanol–water partition coefficient (Wildman–Crippen LogP) is 2.40. The van der Waals surface area contributed by atoms with Gasteiger partial charge in [0.1, 0.15) is 5.15 Å². The summed E-state index contributed by atoms with van der Waals surface area (Å²) in [5.41, 5.74) is 7.57. The normalized spacial score (nSPS) is 20.0. The van der Waals surface area contributed by atoms with Gasteiger partial charge in [-0.05, 0) is 38.7 Å². The summed E-state index contributed by atoms with van der Waals surface area (Å²) in [5.74, 6) is 0.402. The van der Waals surface area contributed by atoms with Gasteiger partial charge in [0.15, 0.2) is 0 Å². The SMILES string of the molecule is Cc1nn(C)c(Cl)c1C=CC(=O)N1CCCC(C(C)N)C1.Cl. The zero-order valence-corrected chi connectivity index (χ0v) is 14.8. The van der Waals surface area contributed by atoms with Gasteiger partial charge in [-0.2, -0.15) is 5.10 Å². The van der Waals surface area contributed by atoms with Crippen molar-refractivity contribution in [1.82, 2.24) is 14.7 Å². The van der Waals surface area contributed by atoms with Crippen molar-refractivity contribution >= 4 is 36.0 Å². The number of likely N-dealkylation sites (tertiary alicyclic amines) is 1. The van der Waals surface area contributed by atoms with Crippen LogP contribution in [0.5, 0.6) is 0 Å². The van der Waals surface area contributed by atoms with E-state index in [1.54, 1.807) is 23.9 Å². The second-order valence-electron chi connectivity index (χ2n) is 5.79. The summed E-state index contributed by atoms with van der Waals surface area (Å²) < 4.78 is 1.61. The van der Waals surface area contributed by atoms with Crippen molar-refractivity contribution in [1.29, 1.82) is 0 Å². The summed E-state index contributed by atoms with van der Waals surface area (Å²) in [5, 5.41) is 4.77. The molecule has 2 unspecified atom stereocenters. The van der Waals surface area contributed by atoms with Gasteiger partial charge in [-0.25, -0.2) is 0 Å². The number of aryl methyl sites for hydroxylation is 2. The second kappa shape index (κ2) is 7.99. The Morgan fingerprint density at radius 1 is 1.55 bits per heavy atom. The van der Waals surface area contributed by atoms with E-state index in [1.165, 1.54) is 0 Å². The second-order valence-corrected chi connectivity index (χ2v) is 6.15. The van der Waals surface area contributed by atoms with Crippen molar-refractivity contribution < 1.29 is 4.79 Å². The molecule has 1 aliphatic heterocycles. The van der Waals surface area contributed by atoms with E-state index in [1.807, 2.05) is 18.7 Å². The molecule has 1 saturated heterocycles. The highest BCUT2D eigenvalue weighted by Gasteiger charge is 2.24. The van der Waals surface area contributed by atoms with E-state index < -0.39 is 0 Å². The number of rotatable bonds is 3. The lowest BCUT2D eigenvalue weighted by Gasteiger charge is -2.34. The van der Waals surface area contributed by atoms with Crippen LogP contribution in [0.1, 0.15) is 31.0 Å². The molecule has 0 spiro atoms. The van der Waals surface area contributed by atoms with Crippen LogP contribution in [0.15, 0.2) is 6.08 Å². The average Bonchev–Trinajstić information content (AvgIpc) is 2.70. The van der Waals surface area contributed by atoms with Crippen LogP contribution in [-0.2, 0) is 11.8 Å². The highest BCUT2D eigenvalue weighted by Crippen LogP contribution is 2.21. The largest absolute Gasteiger partial charge is 0.339 e. The van der Waals surface area contributed by atoms with Crippen molar-refractivity contribution in [2.45, 2.75) is 32.7 Å². The van der Waals surface area contributed by atoms with Crippen molar-refractivity contribution in [2.24, 2.45) is 18.7 Å². The Bertz CT molecular complexity index is 554. The number of aromatic nitrogens is 2. The Morgan fingerprint density at radius 2 is 2.23 bits per heavy atom. The zero-order valence-electron chi connectivity index (χ0n) is 13.3. The lowest BCUT2D eigenvalue weighted by Crippen LogP contribution is -2.44. The molecule has 1 amide bonds. The van der Waals surface area contributed by atoms with E-state index in [9.17, 15) is 4.79 Å². The highest BCUT2D eigenvalue weighted by atomic mass is 35.5. The summed E-state index contributed by atoms with van der Waals surface area (Å²) in [6, 6.07) is 0.125. The maximum atomic E-state index is 12.3. The molecule has 1 fully saturated rings. The van der Waals surface area contributed by atoms with E-state index in [-0.39, 0.29) is 24.4 Å². The molecule has 124 valence electrons. The van der Waals surface area contributed by atoms with Gasteiger partial charge in [-0.15, -0.1) is 12.4 Å². The summed E-state index contributed by atoms with van der Waals surface area (Å²) in [4.78, 5) is 14.2. The number of amides is 1. The van der Waals surface area contributed by atoms with Gasteiger partial charge in [-0.1, -0.05) is 11.6 Å². The quantitative estimate of drug-likeness (QED) is 0.854. The maximum absolute atomic E-state index is 12.3. The van der Waals surface area contributed by atoms with E-state index in [4.69, 9.17) is 17.3 Å². The molecule has 2 N–H and O–H groups in total. The van der Waals surface area contributed by atoms with Crippen LogP contribution in [0.3, 0.4) is 0 Å². The van der Waals surface area contributed by atoms with Crippen molar-refractivity contribution in [2.75, 3.05) is 13.1 Å². The summed E-state index contributed by atoms with van der Waals surface area (Å²) in [7, 11) is 1.78. The van der Waals surface area contributed by atoms with Crippen LogP contribution in [-0.4, -0.2) is 39.7 Å². The Hall–Kier alpha value is -1.04. The molecular weight excluding hydrogens is 323 g/mol. The number of halogens is 2. The lowest BCUT2D eigenvalue weighted by molar-refractivity contribution is -0.127. The first-order valence-electron chi connectivity index (χ1n) is 7.31. The van der Waals surface area contributed by atoms with Crippen LogP contribution in [0.25, 0.3) is 6.08 Å². The summed E-state index contributed by atoms with van der Waals surface area (Å²) >= 11 is 6.16. The third-order valence-electron chi connectivity index (χ3n) is 4.10. The molecule has 5 nitrogen and oxygen atoms in total. The van der Waals surface area contributed by atoms with Crippen LogP contribution in [0, 0.1) is 12.8 Å². The fourth-order valence-corrected chi connectivity index (χ4v) is 2.97. The average molecular weight is 347 g/mol. The van der Waals surface area contributed by atoms with Gasteiger partial charge in [0, 0.05) is 37.8 Å². The van der Waals surface area contributed by atoms with Gasteiger partial charge in [0.05, 0.1) is 5.69 Å². The van der Waals surface area contributed by atoms with Crippen LogP contribution in [0.2, 0.25) is 5.15 Å². The Morgan fingerprint density at radius 3 is 2.77 bits per heavy atom. The lowest BCUT2D eigenvalue weighted by atomic mass is 9.92. The first-order chi connectivity index (χ1) is 9.90. The fraction of sp³-hybridized carbons (Fsp3) is 0.600. The first-order valence-corrected chi connectivity index (χ1v) is 7.69. The number of carbonyl (C=O) groups excluding carboxylic acids is 1. The van der Waals surface area contributed by atoms with Crippen molar-refractivity contribution in [3.63, 3.8) is 0 Å². The molecule has 1 aliphatic rings. The van der Waals surface area contributed by atoms with Gasteiger partial charge >= 0.3 is 0 Å². The summed E-state index contributed by atoms with van der Waals surface area (Å²) in [6.45, 7) is 5.42. The van der Waals surface area contributed by atoms with Crippen molar-refractivity contribution in [3.8, 4) is 0 Å². The number of piperidine rings is 1. The minimum Gasteiger partial charge on any atom is -0.339 e. The number of nitrogens with two attached hydrogens (primary N) is 1. The third kappa shape index (κ3) is 4.24. The first kappa shape index (κ1) is 19.0. The number of carbonyl (C=O) groups is 1. The molecule has 7 heteroatoms. The topological polar surface area (TPSA) is 64.2 Å². The Kier molecular flexibility index (Phi) is 6.91. The van der Waals surface area contributed by atoms with E-state index in [0.29, 0.717) is 11.1 Å². The maximum Gasteiger partial charge on any atom is 0.246 e. The predicted molar refractivity (Wildman–Crippen MR) is 92.2 cm³/mol. The number of hydrogen-bond acceptors (Lipinski definition) is 3. The van der Waals surface area contributed by atoms with E-state index in [0.717, 1.165) is 37.2 Å². The van der Waals surface area contributed by atoms with Gasteiger partial charge in [0.2, 0.25) is 5.91 Å². The van der Waals surface area contributed by atoms with Crippen LogP contribution in [0.4, 0.5) is 0 Å². The molecule has 0 bridgehead atoms. The van der Waals surface area contributed by atoms with Gasteiger partial charge in [-0.3, -0.25) is 9.48 Å². The zero-order chi connectivity index (χ0) is 15.6. The minimum absolute atomic E-state index is 0. The Balaban J connectivity index is 0.00000242. The van der Waals surface area contributed by atoms with Crippen molar-refractivity contribution in [3.05, 3.63) is 22.5 Å². The molecule has 2 rings (SSSR count). The fourth-order valence-electron chi connectivity index (χ4n) is 2.74. The molecule has 0 radical (unpaired) electrons. The number of hydrogen-bond donors (Lipinski definition) is 1.